The number of aromatic nitrogens is 3. The summed E-state index contributed by atoms with van der Waals surface area (Å²) < 4.78 is 1.70. The van der Waals surface area contributed by atoms with Crippen LogP contribution in [0.5, 0.6) is 0 Å². The Balaban J connectivity index is 2.36. The Bertz CT molecular complexity index is 670. The van der Waals surface area contributed by atoms with Crippen LogP contribution in [0, 0.1) is 0 Å². The average molecular weight is 336 g/mol. The van der Waals surface area contributed by atoms with E-state index in [-0.39, 0.29) is 5.91 Å². The fourth-order valence-electron chi connectivity index (χ4n) is 2.31. The molecule has 0 radical (unpaired) electrons. The number of hydrogen-bond acceptors (Lipinski definition) is 4. The maximum absolute atomic E-state index is 12.6. The number of nitrogens with zero attached hydrogens (tertiary/aromatic N) is 4. The molecule has 124 valence electrons. The van der Waals surface area contributed by atoms with Crippen LogP contribution in [0.15, 0.2) is 24.3 Å². The van der Waals surface area contributed by atoms with Gasteiger partial charge in [-0.2, -0.15) is 0 Å². The molecule has 0 unspecified atom stereocenters. The number of halogens is 1. The molecule has 2 aromatic rings. The Labute approximate surface area is 141 Å². The van der Waals surface area contributed by atoms with E-state index in [9.17, 15) is 4.79 Å². The molecule has 0 bridgehead atoms. The second-order valence-electron chi connectivity index (χ2n) is 5.36. The second-order valence-corrected chi connectivity index (χ2v) is 5.79. The molecular formula is C16H22ClN5O. The summed E-state index contributed by atoms with van der Waals surface area (Å²) in [5.74, 6) is -0.114. The first-order chi connectivity index (χ1) is 11.1. The van der Waals surface area contributed by atoms with Crippen molar-refractivity contribution in [3.63, 3.8) is 0 Å². The SMILES string of the molecule is CCCc1c(C(=O)N(C)CCNC)nnn1-c1cccc(Cl)c1. The second kappa shape index (κ2) is 8.08. The number of carbonyl (C=O) groups excluding carboxylic acids is 1. The lowest BCUT2D eigenvalue weighted by Crippen LogP contribution is -2.33. The van der Waals surface area contributed by atoms with Gasteiger partial charge in [-0.05, 0) is 31.7 Å². The highest BCUT2D eigenvalue weighted by Crippen LogP contribution is 2.19. The van der Waals surface area contributed by atoms with Crippen molar-refractivity contribution in [2.24, 2.45) is 0 Å². The number of amides is 1. The van der Waals surface area contributed by atoms with Crippen molar-refractivity contribution < 1.29 is 4.79 Å². The monoisotopic (exact) mass is 335 g/mol. The van der Waals surface area contributed by atoms with Gasteiger partial charge in [0, 0.05) is 25.2 Å². The van der Waals surface area contributed by atoms with Gasteiger partial charge in [0.2, 0.25) is 0 Å². The Morgan fingerprint density at radius 3 is 2.87 bits per heavy atom. The van der Waals surface area contributed by atoms with Crippen LogP contribution in [-0.2, 0) is 6.42 Å². The minimum absolute atomic E-state index is 0.114. The Morgan fingerprint density at radius 2 is 2.22 bits per heavy atom. The quantitative estimate of drug-likeness (QED) is 0.842. The summed E-state index contributed by atoms with van der Waals surface area (Å²) in [4.78, 5) is 14.3. The highest BCUT2D eigenvalue weighted by Gasteiger charge is 2.22. The van der Waals surface area contributed by atoms with Crippen molar-refractivity contribution in [1.29, 1.82) is 0 Å². The van der Waals surface area contributed by atoms with Gasteiger partial charge in [0.05, 0.1) is 11.4 Å². The van der Waals surface area contributed by atoms with Crippen molar-refractivity contribution >= 4 is 17.5 Å². The van der Waals surface area contributed by atoms with Crippen LogP contribution in [0.1, 0.15) is 29.5 Å². The van der Waals surface area contributed by atoms with E-state index in [0.29, 0.717) is 17.3 Å². The van der Waals surface area contributed by atoms with Crippen molar-refractivity contribution in [2.45, 2.75) is 19.8 Å². The molecule has 1 amide bonds. The molecule has 1 N–H and O–H groups in total. The average Bonchev–Trinajstić information content (AvgIpc) is 2.96. The van der Waals surface area contributed by atoms with Gasteiger partial charge in [-0.3, -0.25) is 4.79 Å². The van der Waals surface area contributed by atoms with Crippen LogP contribution in [-0.4, -0.2) is 53.0 Å². The van der Waals surface area contributed by atoms with Crippen LogP contribution in [0.3, 0.4) is 0 Å². The van der Waals surface area contributed by atoms with Crippen LogP contribution < -0.4 is 5.32 Å². The number of benzene rings is 1. The lowest BCUT2D eigenvalue weighted by Gasteiger charge is -2.16. The van der Waals surface area contributed by atoms with Crippen LogP contribution in [0.25, 0.3) is 5.69 Å². The standard InChI is InChI=1S/C16H22ClN5O/c1-4-6-14-15(16(23)21(3)10-9-18-2)19-20-22(14)13-8-5-7-12(17)11-13/h5,7-8,11,18H,4,6,9-10H2,1-3H3. The van der Waals surface area contributed by atoms with Gasteiger partial charge in [0.1, 0.15) is 0 Å². The van der Waals surface area contributed by atoms with Gasteiger partial charge < -0.3 is 10.2 Å². The topological polar surface area (TPSA) is 63.1 Å². The minimum Gasteiger partial charge on any atom is -0.339 e. The van der Waals surface area contributed by atoms with Crippen molar-refractivity contribution in [3.8, 4) is 5.69 Å². The highest BCUT2D eigenvalue weighted by atomic mass is 35.5. The van der Waals surface area contributed by atoms with Gasteiger partial charge in [-0.1, -0.05) is 36.2 Å². The lowest BCUT2D eigenvalue weighted by atomic mass is 10.2. The number of nitrogens with one attached hydrogen (secondary N) is 1. The number of likely N-dealkylation sites (N-methyl/N-ethyl adjacent to an activating group) is 2. The predicted octanol–water partition coefficient (Wildman–Crippen LogP) is 2.16. The molecule has 2 rings (SSSR count). The molecule has 0 saturated heterocycles. The predicted molar refractivity (Wildman–Crippen MR) is 91.3 cm³/mol. The zero-order valence-electron chi connectivity index (χ0n) is 13.7. The molecule has 0 spiro atoms. The van der Waals surface area contributed by atoms with E-state index < -0.39 is 0 Å². The van der Waals surface area contributed by atoms with E-state index in [1.165, 1.54) is 0 Å². The molecule has 1 aromatic carbocycles. The highest BCUT2D eigenvalue weighted by molar-refractivity contribution is 6.30. The van der Waals surface area contributed by atoms with Crippen molar-refractivity contribution in [1.82, 2.24) is 25.2 Å². The Kier molecular flexibility index (Phi) is 6.12. The number of hydrogen-bond donors (Lipinski definition) is 1. The largest absolute Gasteiger partial charge is 0.339 e. The third-order valence-electron chi connectivity index (χ3n) is 3.55. The molecule has 0 aliphatic rings. The molecular weight excluding hydrogens is 314 g/mol. The van der Waals surface area contributed by atoms with Crippen LogP contribution in [0.2, 0.25) is 5.02 Å². The van der Waals surface area contributed by atoms with Crippen molar-refractivity contribution in [3.05, 3.63) is 40.7 Å². The first-order valence-corrected chi connectivity index (χ1v) is 8.06. The molecule has 6 nitrogen and oxygen atoms in total. The van der Waals surface area contributed by atoms with Gasteiger partial charge in [-0.25, -0.2) is 4.68 Å². The fraction of sp³-hybridized carbons (Fsp3) is 0.438. The maximum atomic E-state index is 12.6. The van der Waals surface area contributed by atoms with Gasteiger partial charge in [0.15, 0.2) is 5.69 Å². The summed E-state index contributed by atoms with van der Waals surface area (Å²) in [7, 11) is 3.63. The zero-order chi connectivity index (χ0) is 16.8. The normalized spacial score (nSPS) is 10.8. The molecule has 0 aliphatic heterocycles. The minimum atomic E-state index is -0.114. The fourth-order valence-corrected chi connectivity index (χ4v) is 2.49. The van der Waals surface area contributed by atoms with Gasteiger partial charge in [0.25, 0.3) is 5.91 Å². The molecule has 0 fully saturated rings. The lowest BCUT2D eigenvalue weighted by molar-refractivity contribution is 0.0790. The van der Waals surface area contributed by atoms with E-state index >= 15 is 0 Å². The summed E-state index contributed by atoms with van der Waals surface area (Å²) in [5.41, 5.74) is 2.03. The van der Waals surface area contributed by atoms with E-state index in [2.05, 4.69) is 22.6 Å². The number of rotatable bonds is 7. The smallest absolute Gasteiger partial charge is 0.276 e. The third-order valence-corrected chi connectivity index (χ3v) is 3.78. The Morgan fingerprint density at radius 1 is 1.43 bits per heavy atom. The molecule has 7 heteroatoms. The summed E-state index contributed by atoms with van der Waals surface area (Å²) in [6, 6.07) is 7.38. The van der Waals surface area contributed by atoms with Gasteiger partial charge >= 0.3 is 0 Å². The summed E-state index contributed by atoms with van der Waals surface area (Å²) in [5, 5.41) is 12.0. The summed E-state index contributed by atoms with van der Waals surface area (Å²) >= 11 is 6.06. The molecule has 0 atom stereocenters. The first kappa shape index (κ1) is 17.4. The van der Waals surface area contributed by atoms with E-state index in [4.69, 9.17) is 11.6 Å². The maximum Gasteiger partial charge on any atom is 0.276 e. The third kappa shape index (κ3) is 4.09. The molecule has 0 aliphatic carbocycles. The Hall–Kier alpha value is -1.92. The zero-order valence-corrected chi connectivity index (χ0v) is 14.5. The van der Waals surface area contributed by atoms with E-state index in [1.54, 1.807) is 22.7 Å². The van der Waals surface area contributed by atoms with Crippen molar-refractivity contribution in [2.75, 3.05) is 27.2 Å². The summed E-state index contributed by atoms with van der Waals surface area (Å²) in [6.45, 7) is 3.41. The summed E-state index contributed by atoms with van der Waals surface area (Å²) in [6.07, 6.45) is 1.62. The number of carbonyl (C=O) groups is 1. The molecule has 0 saturated carbocycles. The van der Waals surface area contributed by atoms with E-state index in [1.807, 2.05) is 25.2 Å². The first-order valence-electron chi connectivity index (χ1n) is 7.69. The van der Waals surface area contributed by atoms with E-state index in [0.717, 1.165) is 30.8 Å². The molecule has 1 aromatic heterocycles. The van der Waals surface area contributed by atoms with Crippen LogP contribution >= 0.6 is 11.6 Å². The molecule has 1 heterocycles. The molecule has 23 heavy (non-hydrogen) atoms. The van der Waals surface area contributed by atoms with Crippen LogP contribution in [0.4, 0.5) is 0 Å². The van der Waals surface area contributed by atoms with Gasteiger partial charge in [-0.15, -0.1) is 5.10 Å².